The predicted octanol–water partition coefficient (Wildman–Crippen LogP) is 3.25. The summed E-state index contributed by atoms with van der Waals surface area (Å²) in [5.74, 6) is 0.200. The molecule has 1 fully saturated rings. The zero-order chi connectivity index (χ0) is 13.9. The van der Waals surface area contributed by atoms with Gasteiger partial charge < -0.3 is 5.73 Å². The Hall–Kier alpha value is -0.870. The van der Waals surface area contributed by atoms with Gasteiger partial charge in [0.15, 0.2) is 5.78 Å². The molecular weight excluding hydrogens is 256 g/mol. The topological polar surface area (TPSA) is 46.3 Å². The Morgan fingerprint density at radius 3 is 2.68 bits per heavy atom. The highest BCUT2D eigenvalue weighted by molar-refractivity contribution is 7.16. The molecule has 0 saturated carbocycles. The lowest BCUT2D eigenvalue weighted by molar-refractivity contribution is 0.0857. The fourth-order valence-corrected chi connectivity index (χ4v) is 4.69. The Bertz CT molecular complexity index is 541. The van der Waals surface area contributed by atoms with Gasteiger partial charge in [0.25, 0.3) is 0 Å². The fraction of sp³-hybridized carbons (Fsp3) is 0.667. The van der Waals surface area contributed by atoms with E-state index in [2.05, 4.69) is 11.9 Å². The summed E-state index contributed by atoms with van der Waals surface area (Å²) in [6, 6.07) is 1.08. The van der Waals surface area contributed by atoms with Gasteiger partial charge >= 0.3 is 0 Å². The van der Waals surface area contributed by atoms with E-state index in [4.69, 9.17) is 5.73 Å². The number of anilines is 1. The van der Waals surface area contributed by atoms with Crippen molar-refractivity contribution in [2.24, 2.45) is 5.41 Å². The number of rotatable bonds is 1. The number of nitrogens with two attached hydrogens (primary N) is 1. The van der Waals surface area contributed by atoms with Crippen molar-refractivity contribution in [2.45, 2.75) is 52.1 Å². The molecule has 1 saturated heterocycles. The highest BCUT2D eigenvalue weighted by Crippen LogP contribution is 2.49. The summed E-state index contributed by atoms with van der Waals surface area (Å²) in [5.41, 5.74) is 7.91. The number of ketones is 1. The molecular formula is C15H22N2OS. The molecule has 0 radical (unpaired) electrons. The van der Waals surface area contributed by atoms with E-state index in [1.807, 2.05) is 20.8 Å². The van der Waals surface area contributed by atoms with Gasteiger partial charge in [0.05, 0.1) is 10.6 Å². The molecule has 0 aliphatic carbocycles. The third kappa shape index (κ3) is 1.84. The molecule has 3 rings (SSSR count). The van der Waals surface area contributed by atoms with Crippen LogP contribution in [-0.4, -0.2) is 23.8 Å². The van der Waals surface area contributed by atoms with Crippen LogP contribution in [0.1, 0.15) is 60.5 Å². The number of nitrogen functional groups attached to an aromatic ring is 1. The lowest BCUT2D eigenvalue weighted by atomic mass is 9.83. The van der Waals surface area contributed by atoms with E-state index < -0.39 is 0 Å². The van der Waals surface area contributed by atoms with Gasteiger partial charge in [-0.15, -0.1) is 11.3 Å². The number of fused-ring (bicyclic) bond motifs is 4. The minimum absolute atomic E-state index is 0.200. The van der Waals surface area contributed by atoms with E-state index >= 15 is 0 Å². The normalized spacial score (nSPS) is 26.5. The van der Waals surface area contributed by atoms with E-state index in [1.54, 1.807) is 11.3 Å². The summed E-state index contributed by atoms with van der Waals surface area (Å²) in [4.78, 5) is 16.5. The van der Waals surface area contributed by atoms with Crippen LogP contribution in [-0.2, 0) is 6.42 Å². The van der Waals surface area contributed by atoms with E-state index in [0.717, 1.165) is 17.0 Å². The molecule has 3 nitrogen and oxygen atoms in total. The van der Waals surface area contributed by atoms with E-state index in [0.29, 0.717) is 12.1 Å². The summed E-state index contributed by atoms with van der Waals surface area (Å²) >= 11 is 1.64. The molecule has 2 bridgehead atoms. The fourth-order valence-electron chi connectivity index (χ4n) is 3.41. The molecule has 0 aromatic carbocycles. The zero-order valence-corrected chi connectivity index (χ0v) is 12.9. The van der Waals surface area contributed by atoms with E-state index in [-0.39, 0.29) is 11.2 Å². The van der Waals surface area contributed by atoms with Crippen LogP contribution in [0.3, 0.4) is 0 Å². The minimum atomic E-state index is -0.356. The number of carbonyl (C=O) groups excluding carboxylic acids is 1. The summed E-state index contributed by atoms with van der Waals surface area (Å²) in [7, 11) is 2.20. The molecule has 1 aromatic rings. The van der Waals surface area contributed by atoms with Gasteiger partial charge in [0, 0.05) is 22.4 Å². The standard InChI is InChI=1S/C15H22N2OS/c1-15(2,3)13(18)11-9-7-8-5-6-10(17(8)4)12(9)19-14(11)16/h8,10H,5-7,16H2,1-4H3. The first-order valence-electron chi connectivity index (χ1n) is 6.98. The van der Waals surface area contributed by atoms with Gasteiger partial charge in [-0.2, -0.15) is 0 Å². The Balaban J connectivity index is 2.11. The Morgan fingerprint density at radius 2 is 2.05 bits per heavy atom. The van der Waals surface area contributed by atoms with Crippen molar-refractivity contribution < 1.29 is 4.79 Å². The van der Waals surface area contributed by atoms with Gasteiger partial charge in [-0.25, -0.2) is 0 Å². The Kier molecular flexibility index (Phi) is 2.81. The first-order chi connectivity index (χ1) is 8.80. The SMILES string of the molecule is CN1C2CCC1c1sc(N)c(C(=O)C(C)(C)C)c1C2. The average Bonchev–Trinajstić information content (AvgIpc) is 2.74. The Morgan fingerprint density at radius 1 is 1.37 bits per heavy atom. The molecule has 0 spiro atoms. The lowest BCUT2D eigenvalue weighted by Crippen LogP contribution is -2.34. The minimum Gasteiger partial charge on any atom is -0.390 e. The molecule has 0 amide bonds. The highest BCUT2D eigenvalue weighted by Gasteiger charge is 2.42. The first kappa shape index (κ1) is 13.1. The van der Waals surface area contributed by atoms with Crippen molar-refractivity contribution >= 4 is 22.1 Å². The van der Waals surface area contributed by atoms with Crippen molar-refractivity contribution in [2.75, 3.05) is 12.8 Å². The van der Waals surface area contributed by atoms with Crippen LogP contribution in [0.2, 0.25) is 0 Å². The lowest BCUT2D eigenvalue weighted by Gasteiger charge is -2.31. The Labute approximate surface area is 118 Å². The molecule has 2 unspecified atom stereocenters. The van der Waals surface area contributed by atoms with E-state index in [9.17, 15) is 4.79 Å². The number of Topliss-reactive ketones (excluding diaryl/α,β-unsaturated/α-hetero) is 1. The second-order valence-corrected chi connectivity index (χ2v) is 7.96. The van der Waals surface area contributed by atoms with Crippen molar-refractivity contribution in [3.63, 3.8) is 0 Å². The number of carbonyl (C=O) groups is 1. The number of hydrogen-bond acceptors (Lipinski definition) is 4. The van der Waals surface area contributed by atoms with Crippen LogP contribution in [0.25, 0.3) is 0 Å². The molecule has 2 aliphatic rings. The molecule has 19 heavy (non-hydrogen) atoms. The maximum Gasteiger partial charge on any atom is 0.171 e. The first-order valence-corrected chi connectivity index (χ1v) is 7.80. The number of nitrogens with zero attached hydrogens (tertiary/aromatic N) is 1. The van der Waals surface area contributed by atoms with Crippen molar-refractivity contribution in [1.82, 2.24) is 4.90 Å². The molecule has 3 heterocycles. The molecule has 104 valence electrons. The quantitative estimate of drug-likeness (QED) is 0.802. The number of thiophene rings is 1. The second-order valence-electron chi connectivity index (χ2n) is 6.88. The summed E-state index contributed by atoms with van der Waals surface area (Å²) in [6.45, 7) is 5.92. The third-order valence-electron chi connectivity index (χ3n) is 4.56. The van der Waals surface area contributed by atoms with Gasteiger partial charge in [-0.05, 0) is 31.9 Å². The average molecular weight is 278 g/mol. The number of hydrogen-bond donors (Lipinski definition) is 1. The summed E-state index contributed by atoms with van der Waals surface area (Å²) in [6.07, 6.45) is 3.44. The maximum atomic E-state index is 12.6. The molecule has 1 aromatic heterocycles. The third-order valence-corrected chi connectivity index (χ3v) is 5.72. The van der Waals surface area contributed by atoms with Crippen LogP contribution in [0.4, 0.5) is 5.00 Å². The monoisotopic (exact) mass is 278 g/mol. The predicted molar refractivity (Wildman–Crippen MR) is 79.7 cm³/mol. The smallest absolute Gasteiger partial charge is 0.171 e. The largest absolute Gasteiger partial charge is 0.390 e. The van der Waals surface area contributed by atoms with Crippen LogP contribution in [0, 0.1) is 5.41 Å². The van der Waals surface area contributed by atoms with Gasteiger partial charge in [0.2, 0.25) is 0 Å². The van der Waals surface area contributed by atoms with Crippen molar-refractivity contribution in [3.8, 4) is 0 Å². The van der Waals surface area contributed by atoms with Crippen molar-refractivity contribution in [1.29, 1.82) is 0 Å². The maximum absolute atomic E-state index is 12.6. The van der Waals surface area contributed by atoms with Crippen LogP contribution >= 0.6 is 11.3 Å². The molecule has 2 aliphatic heterocycles. The van der Waals surface area contributed by atoms with Gasteiger partial charge in [0.1, 0.15) is 0 Å². The zero-order valence-electron chi connectivity index (χ0n) is 12.1. The molecule has 4 heteroatoms. The van der Waals surface area contributed by atoms with Gasteiger partial charge in [-0.1, -0.05) is 20.8 Å². The van der Waals surface area contributed by atoms with E-state index in [1.165, 1.54) is 23.3 Å². The second kappa shape index (κ2) is 4.06. The van der Waals surface area contributed by atoms with Crippen LogP contribution in [0.15, 0.2) is 0 Å². The molecule has 2 N–H and O–H groups in total. The number of likely N-dealkylation sites (N-methyl/N-ethyl adjacent to an activating group) is 1. The summed E-state index contributed by atoms with van der Waals surface area (Å²) in [5, 5.41) is 0.728. The molecule has 2 atom stereocenters. The van der Waals surface area contributed by atoms with Gasteiger partial charge in [-0.3, -0.25) is 9.69 Å². The summed E-state index contributed by atoms with van der Waals surface area (Å²) < 4.78 is 0. The van der Waals surface area contributed by atoms with Crippen LogP contribution < -0.4 is 5.73 Å². The highest BCUT2D eigenvalue weighted by atomic mass is 32.1. The van der Waals surface area contributed by atoms with Crippen LogP contribution in [0.5, 0.6) is 0 Å². The van der Waals surface area contributed by atoms with Crippen molar-refractivity contribution in [3.05, 3.63) is 16.0 Å².